The van der Waals surface area contributed by atoms with Gasteiger partial charge in [-0.05, 0) is 62.1 Å². The van der Waals surface area contributed by atoms with Crippen LogP contribution >= 0.6 is 0 Å². The molecular weight excluding hydrogens is 544 g/mol. The fourth-order valence-corrected chi connectivity index (χ4v) is 6.95. The number of rotatable bonds is 12. The van der Waals surface area contributed by atoms with Crippen LogP contribution in [0, 0.1) is 13.8 Å². The predicted octanol–water partition coefficient (Wildman–Crippen LogP) is 4.14. The fourth-order valence-electron chi connectivity index (χ4n) is 4.45. The SMILES string of the molecule is Cc1ccc(S(=O)(=O)N[C@@H](Cc2ccccc2)C(O)[C@H](Cc2ccccc2)NS(=O)(=O)c2ccc(C)cc2)cc1. The number of benzene rings is 4. The third-order valence-electron chi connectivity index (χ3n) is 6.70. The second-order valence-electron chi connectivity index (χ2n) is 9.95. The van der Waals surface area contributed by atoms with Crippen molar-refractivity contribution >= 4 is 20.0 Å². The fraction of sp³-hybridized carbons (Fsp3) is 0.226. The summed E-state index contributed by atoms with van der Waals surface area (Å²) in [7, 11) is -8.07. The molecule has 3 N–H and O–H groups in total. The van der Waals surface area contributed by atoms with Gasteiger partial charge in [-0.3, -0.25) is 0 Å². The van der Waals surface area contributed by atoms with Gasteiger partial charge in [-0.15, -0.1) is 0 Å². The van der Waals surface area contributed by atoms with Crippen molar-refractivity contribution in [2.45, 2.75) is 54.7 Å². The van der Waals surface area contributed by atoms with Crippen LogP contribution in [0.1, 0.15) is 22.3 Å². The number of aliphatic hydroxyl groups excluding tert-OH is 1. The smallest absolute Gasteiger partial charge is 0.240 e. The van der Waals surface area contributed by atoms with Gasteiger partial charge in [0.25, 0.3) is 0 Å². The molecule has 4 aromatic carbocycles. The van der Waals surface area contributed by atoms with E-state index in [4.69, 9.17) is 0 Å². The van der Waals surface area contributed by atoms with Crippen LogP contribution in [0.4, 0.5) is 0 Å². The minimum absolute atomic E-state index is 0.0585. The van der Waals surface area contributed by atoms with Gasteiger partial charge in [0, 0.05) is 0 Å². The zero-order chi connectivity index (χ0) is 28.8. The van der Waals surface area contributed by atoms with Gasteiger partial charge >= 0.3 is 0 Å². The lowest BCUT2D eigenvalue weighted by Crippen LogP contribution is -2.55. The maximum atomic E-state index is 13.4. The molecular formula is C31H34N2O5S2. The molecule has 4 rings (SSSR count). The molecule has 4 aromatic rings. The summed E-state index contributed by atoms with van der Waals surface area (Å²) in [4.78, 5) is 0.117. The maximum Gasteiger partial charge on any atom is 0.240 e. The van der Waals surface area contributed by atoms with Crippen molar-refractivity contribution in [3.8, 4) is 0 Å². The molecule has 0 saturated carbocycles. The minimum Gasteiger partial charge on any atom is -0.390 e. The van der Waals surface area contributed by atoms with E-state index < -0.39 is 38.2 Å². The highest BCUT2D eigenvalue weighted by Gasteiger charge is 2.34. The van der Waals surface area contributed by atoms with E-state index in [0.29, 0.717) is 0 Å². The van der Waals surface area contributed by atoms with Crippen LogP contribution < -0.4 is 9.44 Å². The first-order chi connectivity index (χ1) is 19.0. The zero-order valence-electron chi connectivity index (χ0n) is 22.4. The Balaban J connectivity index is 1.70. The highest BCUT2D eigenvalue weighted by Crippen LogP contribution is 2.19. The Kier molecular flexibility index (Phi) is 9.55. The molecule has 0 unspecified atom stereocenters. The summed E-state index contributed by atoms with van der Waals surface area (Å²) in [6.45, 7) is 3.72. The standard InChI is InChI=1S/C31H34N2O5S2/c1-23-13-17-27(18-14-23)39(35,36)32-29(21-25-9-5-3-6-10-25)31(34)30(22-26-11-7-4-8-12-26)33-40(37,38)28-19-15-24(2)16-20-28/h3-20,29-34H,21-22H2,1-2H3/t29-,30-/m0/s1. The molecule has 0 fully saturated rings. The van der Waals surface area contributed by atoms with E-state index >= 15 is 0 Å². The van der Waals surface area contributed by atoms with Crippen molar-refractivity contribution in [3.05, 3.63) is 131 Å². The van der Waals surface area contributed by atoms with Crippen LogP contribution in [-0.2, 0) is 32.9 Å². The van der Waals surface area contributed by atoms with E-state index in [1.807, 2.05) is 74.5 Å². The Morgan fingerprint density at radius 2 is 0.875 bits per heavy atom. The van der Waals surface area contributed by atoms with E-state index in [2.05, 4.69) is 9.44 Å². The van der Waals surface area contributed by atoms with Crippen molar-refractivity contribution in [1.29, 1.82) is 0 Å². The third-order valence-corrected chi connectivity index (χ3v) is 9.71. The van der Waals surface area contributed by atoms with Crippen molar-refractivity contribution in [2.24, 2.45) is 0 Å². The quantitative estimate of drug-likeness (QED) is 0.234. The molecule has 210 valence electrons. The first kappa shape index (κ1) is 29.6. The molecule has 0 spiro atoms. The van der Waals surface area contributed by atoms with Gasteiger partial charge in [-0.2, -0.15) is 0 Å². The Bertz CT molecular complexity index is 1470. The second-order valence-corrected chi connectivity index (χ2v) is 13.4. The minimum atomic E-state index is -4.04. The molecule has 7 nitrogen and oxygen atoms in total. The molecule has 40 heavy (non-hydrogen) atoms. The number of hydrogen-bond donors (Lipinski definition) is 3. The van der Waals surface area contributed by atoms with Crippen LogP contribution in [0.2, 0.25) is 0 Å². The van der Waals surface area contributed by atoms with E-state index in [1.54, 1.807) is 24.3 Å². The Morgan fingerprint density at radius 1 is 0.550 bits per heavy atom. The number of hydrogen-bond acceptors (Lipinski definition) is 5. The second kappa shape index (κ2) is 12.9. The van der Waals surface area contributed by atoms with E-state index in [-0.39, 0.29) is 22.6 Å². The van der Waals surface area contributed by atoms with Crippen molar-refractivity contribution in [1.82, 2.24) is 9.44 Å². The largest absolute Gasteiger partial charge is 0.390 e. The van der Waals surface area contributed by atoms with Crippen LogP contribution in [-0.4, -0.2) is 40.1 Å². The van der Waals surface area contributed by atoms with Gasteiger partial charge in [-0.25, -0.2) is 26.3 Å². The molecule has 0 aliphatic heterocycles. The van der Waals surface area contributed by atoms with Gasteiger partial charge in [0.1, 0.15) is 0 Å². The van der Waals surface area contributed by atoms with Gasteiger partial charge in [0.2, 0.25) is 20.0 Å². The van der Waals surface area contributed by atoms with E-state index in [0.717, 1.165) is 22.3 Å². The first-order valence-electron chi connectivity index (χ1n) is 13.0. The summed E-state index contributed by atoms with van der Waals surface area (Å²) in [5, 5.41) is 11.7. The van der Waals surface area contributed by atoms with E-state index in [9.17, 15) is 21.9 Å². The van der Waals surface area contributed by atoms with Crippen LogP contribution in [0.15, 0.2) is 119 Å². The summed E-state index contributed by atoms with van der Waals surface area (Å²) in [5.74, 6) is 0. The number of aryl methyl sites for hydroxylation is 2. The summed E-state index contributed by atoms with van der Waals surface area (Å²) in [6, 6.07) is 29.1. The maximum absolute atomic E-state index is 13.4. The Hall–Kier alpha value is -3.34. The molecule has 0 heterocycles. The molecule has 9 heteroatoms. The topological polar surface area (TPSA) is 113 Å². The molecule has 2 atom stereocenters. The lowest BCUT2D eigenvalue weighted by atomic mass is 9.94. The van der Waals surface area contributed by atoms with Crippen molar-refractivity contribution in [2.75, 3.05) is 0 Å². The average Bonchev–Trinajstić information content (AvgIpc) is 2.93. The highest BCUT2D eigenvalue weighted by atomic mass is 32.2. The molecule has 0 amide bonds. The van der Waals surface area contributed by atoms with Crippen LogP contribution in [0.3, 0.4) is 0 Å². The molecule has 0 aliphatic carbocycles. The summed E-state index contributed by atoms with van der Waals surface area (Å²) in [5.41, 5.74) is 3.40. The third kappa shape index (κ3) is 7.87. The molecule has 0 aliphatic rings. The summed E-state index contributed by atoms with van der Waals surface area (Å²) >= 11 is 0. The Labute approximate surface area is 237 Å². The molecule has 0 saturated heterocycles. The molecule has 0 radical (unpaired) electrons. The lowest BCUT2D eigenvalue weighted by molar-refractivity contribution is 0.103. The number of sulfonamides is 2. The average molecular weight is 579 g/mol. The van der Waals surface area contributed by atoms with Gasteiger partial charge in [-0.1, -0.05) is 96.1 Å². The monoisotopic (exact) mass is 578 g/mol. The van der Waals surface area contributed by atoms with Gasteiger partial charge < -0.3 is 5.11 Å². The first-order valence-corrected chi connectivity index (χ1v) is 15.9. The number of aliphatic hydroxyl groups is 1. The summed E-state index contributed by atoms with van der Waals surface area (Å²) < 4.78 is 59.0. The molecule has 0 aromatic heterocycles. The lowest BCUT2D eigenvalue weighted by Gasteiger charge is -2.31. The van der Waals surface area contributed by atoms with Crippen molar-refractivity contribution in [3.63, 3.8) is 0 Å². The Morgan fingerprint density at radius 3 is 1.20 bits per heavy atom. The van der Waals surface area contributed by atoms with Gasteiger partial charge in [0.15, 0.2) is 0 Å². The van der Waals surface area contributed by atoms with E-state index in [1.165, 1.54) is 24.3 Å². The highest BCUT2D eigenvalue weighted by molar-refractivity contribution is 7.89. The number of nitrogens with one attached hydrogen (secondary N) is 2. The molecule has 0 bridgehead atoms. The summed E-state index contributed by atoms with van der Waals surface area (Å²) in [6.07, 6.45) is -1.13. The van der Waals surface area contributed by atoms with Crippen molar-refractivity contribution < 1.29 is 21.9 Å². The zero-order valence-corrected chi connectivity index (χ0v) is 24.1. The van der Waals surface area contributed by atoms with Crippen LogP contribution in [0.25, 0.3) is 0 Å². The van der Waals surface area contributed by atoms with Gasteiger partial charge in [0.05, 0.1) is 28.0 Å². The predicted molar refractivity (Wildman–Crippen MR) is 157 cm³/mol. The van der Waals surface area contributed by atoms with Crippen LogP contribution in [0.5, 0.6) is 0 Å². The normalized spacial score (nSPS) is 13.7.